The number of anilines is 3. The summed E-state index contributed by atoms with van der Waals surface area (Å²) in [6.07, 6.45) is 9.02. The maximum atomic E-state index is 6.78. The third-order valence-corrected chi connectivity index (χ3v) is 14.4. The van der Waals surface area contributed by atoms with Crippen molar-refractivity contribution in [1.29, 1.82) is 0 Å². The lowest BCUT2D eigenvalue weighted by Crippen LogP contribution is -2.12. The fourth-order valence-electron chi connectivity index (χ4n) is 11.5. The second-order valence-corrected chi connectivity index (χ2v) is 17.9. The second-order valence-electron chi connectivity index (χ2n) is 17.9. The number of rotatable bonds is 3. The molecule has 2 heteroatoms. The van der Waals surface area contributed by atoms with E-state index in [0.29, 0.717) is 0 Å². The Morgan fingerprint density at radius 1 is 0.288 bits per heavy atom. The van der Waals surface area contributed by atoms with Crippen LogP contribution in [0.1, 0.15) is 23.0 Å². The topological polar surface area (TPSA) is 12.5 Å². The highest BCUT2D eigenvalue weighted by atomic mass is 16.5. The molecule has 1 aliphatic carbocycles. The van der Waals surface area contributed by atoms with Crippen molar-refractivity contribution >= 4 is 103 Å². The molecule has 14 rings (SSSR count). The summed E-state index contributed by atoms with van der Waals surface area (Å²) in [5.74, 6) is 2.10. The van der Waals surface area contributed by atoms with E-state index < -0.39 is 0 Å². The molecule has 2 aliphatic rings. The predicted octanol–water partition coefficient (Wildman–Crippen LogP) is 18.0. The van der Waals surface area contributed by atoms with Crippen LogP contribution >= 0.6 is 0 Å². The van der Waals surface area contributed by atoms with Crippen LogP contribution in [0.4, 0.5) is 17.1 Å². The lowest BCUT2D eigenvalue weighted by Gasteiger charge is -2.28. The summed E-state index contributed by atoms with van der Waals surface area (Å²) in [6.45, 7) is 0. The second kappa shape index (κ2) is 14.5. The smallest absolute Gasteiger partial charge is 0.131 e. The van der Waals surface area contributed by atoms with Crippen LogP contribution in [-0.2, 0) is 0 Å². The Kier molecular flexibility index (Phi) is 8.14. The van der Waals surface area contributed by atoms with Crippen LogP contribution in [0.3, 0.4) is 0 Å². The zero-order chi connectivity index (χ0) is 43.3. The molecule has 2 atom stereocenters. The molecule has 0 amide bonds. The standard InChI is InChI=1S/C64H41NO/c1-2-17-43(18-3-1)65(45-33-36-61-58(39-45)52-25-9-8-23-50(52)54-26-12-13-28-60(54)66-61)44-32-35-53-49-22-7-5-20-47(49)46-19-4-6-21-48(46)51-24-10-11-27-55(51)64-56-34-31-41-16-14-15-40-29-30-42(63(56)62(40)41)37-59(64)57(53)38-44/h1-39,50,52H. The fraction of sp³-hybridized carbons (Fsp3) is 0.0312. The Bertz CT molecular complexity index is 4090. The Balaban J connectivity index is 1.14. The van der Waals surface area contributed by atoms with Gasteiger partial charge in [0, 0.05) is 40.0 Å². The van der Waals surface area contributed by atoms with Gasteiger partial charge in [-0.15, -0.1) is 0 Å². The van der Waals surface area contributed by atoms with E-state index in [0.717, 1.165) is 28.6 Å². The third kappa shape index (κ3) is 5.55. The molecule has 308 valence electrons. The molecule has 2 nitrogen and oxygen atoms in total. The predicted molar refractivity (Wildman–Crippen MR) is 280 cm³/mol. The van der Waals surface area contributed by atoms with Crippen molar-refractivity contribution in [2.24, 2.45) is 0 Å². The molecule has 0 bridgehead atoms. The van der Waals surface area contributed by atoms with Gasteiger partial charge in [-0.25, -0.2) is 0 Å². The lowest BCUT2D eigenvalue weighted by molar-refractivity contribution is 0.478. The van der Waals surface area contributed by atoms with Gasteiger partial charge < -0.3 is 9.64 Å². The average Bonchev–Trinajstić information content (AvgIpc) is 3.52. The summed E-state index contributed by atoms with van der Waals surface area (Å²) in [5, 5.41) is 19.8. The van der Waals surface area contributed by atoms with Gasteiger partial charge in [-0.3, -0.25) is 0 Å². The molecule has 0 N–H and O–H groups in total. The summed E-state index contributed by atoms with van der Waals surface area (Å²) in [7, 11) is 0. The molecule has 0 saturated carbocycles. The maximum Gasteiger partial charge on any atom is 0.131 e. The quantitative estimate of drug-likeness (QED) is 0.164. The van der Waals surface area contributed by atoms with Gasteiger partial charge >= 0.3 is 0 Å². The van der Waals surface area contributed by atoms with E-state index in [-0.39, 0.29) is 11.8 Å². The van der Waals surface area contributed by atoms with E-state index >= 15 is 0 Å². The molecule has 2 unspecified atom stereocenters. The van der Waals surface area contributed by atoms with E-state index in [1.807, 2.05) is 0 Å². The van der Waals surface area contributed by atoms with Gasteiger partial charge in [-0.1, -0.05) is 182 Å². The number of para-hydroxylation sites is 2. The van der Waals surface area contributed by atoms with Crippen molar-refractivity contribution in [3.8, 4) is 11.5 Å². The van der Waals surface area contributed by atoms with Crippen molar-refractivity contribution in [3.05, 3.63) is 248 Å². The van der Waals surface area contributed by atoms with Crippen molar-refractivity contribution in [3.63, 3.8) is 0 Å². The molecule has 0 spiro atoms. The molecule has 0 radical (unpaired) electrons. The van der Waals surface area contributed by atoms with Gasteiger partial charge in [0.2, 0.25) is 0 Å². The van der Waals surface area contributed by atoms with E-state index in [1.54, 1.807) is 0 Å². The van der Waals surface area contributed by atoms with Crippen molar-refractivity contribution in [2.75, 3.05) is 4.90 Å². The van der Waals surface area contributed by atoms with Crippen molar-refractivity contribution < 1.29 is 4.74 Å². The first-order valence-corrected chi connectivity index (χ1v) is 23.0. The molecule has 0 saturated heterocycles. The molecule has 12 aromatic carbocycles. The Labute approximate surface area is 382 Å². The number of fused-ring (bicyclic) bond motifs is 16. The van der Waals surface area contributed by atoms with Crippen LogP contribution in [0.25, 0.3) is 86.2 Å². The molecule has 1 aliphatic heterocycles. The van der Waals surface area contributed by atoms with E-state index in [1.165, 1.54) is 97.3 Å². The monoisotopic (exact) mass is 839 g/mol. The number of ether oxygens (including phenoxy) is 1. The molecule has 0 fully saturated rings. The first kappa shape index (κ1) is 37.0. The zero-order valence-electron chi connectivity index (χ0n) is 36.0. The fourth-order valence-corrected chi connectivity index (χ4v) is 11.5. The van der Waals surface area contributed by atoms with Gasteiger partial charge in [0.1, 0.15) is 11.5 Å². The minimum Gasteiger partial charge on any atom is -0.457 e. The molecule has 12 aromatic rings. The summed E-state index contributed by atoms with van der Waals surface area (Å²) in [5.41, 5.74) is 5.62. The van der Waals surface area contributed by atoms with Crippen LogP contribution in [-0.4, -0.2) is 0 Å². The normalized spacial score (nSPS) is 15.3. The highest BCUT2D eigenvalue weighted by Gasteiger charge is 2.31. The van der Waals surface area contributed by atoms with E-state index in [4.69, 9.17) is 4.74 Å². The van der Waals surface area contributed by atoms with Crippen molar-refractivity contribution in [1.82, 2.24) is 0 Å². The summed E-state index contributed by atoms with van der Waals surface area (Å²) in [4.78, 5) is 2.43. The molecule has 66 heavy (non-hydrogen) atoms. The first-order valence-electron chi connectivity index (χ1n) is 23.0. The SMILES string of the molecule is C1=CC2c3ccccc3Oc3ccc(N(c4ccccc4)c4ccc5c6ccccc6c6ccccc6c6ccccc6c6c(cc7ccc8cccc9ccc6c7c89)c5c4)cc3C2C=C1. The van der Waals surface area contributed by atoms with Crippen LogP contribution in [0.15, 0.2) is 237 Å². The van der Waals surface area contributed by atoms with Gasteiger partial charge in [0.25, 0.3) is 0 Å². The van der Waals surface area contributed by atoms with Gasteiger partial charge in [-0.2, -0.15) is 0 Å². The third-order valence-electron chi connectivity index (χ3n) is 14.4. The Morgan fingerprint density at radius 3 is 1.55 bits per heavy atom. The Hall–Kier alpha value is -8.46. The number of hydrogen-bond donors (Lipinski definition) is 0. The van der Waals surface area contributed by atoms with Crippen LogP contribution in [0.5, 0.6) is 11.5 Å². The maximum absolute atomic E-state index is 6.78. The van der Waals surface area contributed by atoms with E-state index in [9.17, 15) is 0 Å². The first-order chi connectivity index (χ1) is 32.7. The number of nitrogens with zero attached hydrogens (tertiary/aromatic N) is 1. The van der Waals surface area contributed by atoms with Gasteiger partial charge in [-0.05, 0) is 141 Å². The largest absolute Gasteiger partial charge is 0.457 e. The summed E-state index contributed by atoms with van der Waals surface area (Å²) >= 11 is 0. The average molecular weight is 840 g/mol. The molecular weight excluding hydrogens is 799 g/mol. The Morgan fingerprint density at radius 2 is 0.818 bits per heavy atom. The van der Waals surface area contributed by atoms with Gasteiger partial charge in [0.05, 0.1) is 0 Å². The van der Waals surface area contributed by atoms with Crippen molar-refractivity contribution in [2.45, 2.75) is 11.8 Å². The van der Waals surface area contributed by atoms with Gasteiger partial charge in [0.15, 0.2) is 0 Å². The number of allylic oxidation sites excluding steroid dienone is 4. The highest BCUT2D eigenvalue weighted by molar-refractivity contribution is 6.36. The summed E-state index contributed by atoms with van der Waals surface area (Å²) < 4.78 is 6.78. The minimum atomic E-state index is 0.121. The molecular formula is C64H41NO. The zero-order valence-corrected chi connectivity index (χ0v) is 36.0. The van der Waals surface area contributed by atoms with Crippen LogP contribution < -0.4 is 9.64 Å². The minimum absolute atomic E-state index is 0.121. The lowest BCUT2D eigenvalue weighted by atomic mass is 9.79. The molecule has 0 aromatic heterocycles. The number of benzene rings is 11. The van der Waals surface area contributed by atoms with Crippen LogP contribution in [0.2, 0.25) is 0 Å². The summed E-state index contributed by atoms with van der Waals surface area (Å²) in [6, 6.07) is 78.7. The van der Waals surface area contributed by atoms with Crippen LogP contribution in [0, 0.1) is 0 Å². The van der Waals surface area contributed by atoms with E-state index in [2.05, 4.69) is 242 Å². The highest BCUT2D eigenvalue weighted by Crippen LogP contribution is 2.51. The number of hydrogen-bond acceptors (Lipinski definition) is 2. The molecule has 1 heterocycles.